The largest absolute Gasteiger partial charge is 0.465 e. The van der Waals surface area contributed by atoms with Crippen molar-refractivity contribution in [3.63, 3.8) is 0 Å². The first kappa shape index (κ1) is 22.6. The third-order valence-electron chi connectivity index (χ3n) is 4.75. The average molecular weight is 439 g/mol. The Labute approximate surface area is 186 Å². The van der Waals surface area contributed by atoms with Crippen molar-refractivity contribution >= 4 is 23.6 Å². The summed E-state index contributed by atoms with van der Waals surface area (Å²) < 4.78 is 6.71. The van der Waals surface area contributed by atoms with Crippen molar-refractivity contribution in [1.82, 2.24) is 20.1 Å². The monoisotopic (exact) mass is 438 g/mol. The Bertz CT molecular complexity index is 1050. The molecule has 1 N–H and O–H groups in total. The summed E-state index contributed by atoms with van der Waals surface area (Å²) in [4.78, 5) is 23.7. The van der Waals surface area contributed by atoms with Crippen LogP contribution in [-0.4, -0.2) is 46.0 Å². The molecule has 0 aliphatic carbocycles. The molecule has 3 aromatic rings. The smallest absolute Gasteiger partial charge is 0.337 e. The highest BCUT2D eigenvalue weighted by molar-refractivity contribution is 7.99. The normalized spacial score (nSPS) is 10.7. The zero-order valence-corrected chi connectivity index (χ0v) is 18.7. The number of nitrogens with one attached hydrogen (secondary N) is 1. The van der Waals surface area contributed by atoms with Gasteiger partial charge in [-0.25, -0.2) is 4.79 Å². The molecule has 0 fully saturated rings. The van der Waals surface area contributed by atoms with Gasteiger partial charge in [0.1, 0.15) is 0 Å². The van der Waals surface area contributed by atoms with E-state index in [1.807, 2.05) is 48.7 Å². The Kier molecular flexibility index (Phi) is 7.83. The molecule has 1 aromatic heterocycles. The summed E-state index contributed by atoms with van der Waals surface area (Å²) in [6.07, 6.45) is 0.681. The SMILES string of the molecule is CCn1c(SCC(=O)NCCc2ccc(C(=O)OC)cc2)nnc1-c1cccc(C)c1. The van der Waals surface area contributed by atoms with Gasteiger partial charge in [0.2, 0.25) is 5.91 Å². The van der Waals surface area contributed by atoms with E-state index in [0.717, 1.165) is 34.2 Å². The molecule has 162 valence electrons. The van der Waals surface area contributed by atoms with E-state index in [2.05, 4.69) is 21.6 Å². The average Bonchev–Trinajstić information content (AvgIpc) is 3.20. The van der Waals surface area contributed by atoms with Crippen LogP contribution in [0.2, 0.25) is 0 Å². The second kappa shape index (κ2) is 10.8. The standard InChI is InChI=1S/C23H26N4O3S/c1-4-27-21(19-7-5-6-16(2)14-19)25-26-23(27)31-15-20(28)24-13-12-17-8-10-18(11-9-17)22(29)30-3/h5-11,14H,4,12-13,15H2,1-3H3,(H,24,28). The molecule has 31 heavy (non-hydrogen) atoms. The number of ether oxygens (including phenoxy) is 1. The summed E-state index contributed by atoms with van der Waals surface area (Å²) in [7, 11) is 1.36. The quantitative estimate of drug-likeness (QED) is 0.406. The minimum atomic E-state index is -0.359. The lowest BCUT2D eigenvalue weighted by Crippen LogP contribution is -2.27. The molecular formula is C23H26N4O3S. The molecule has 0 radical (unpaired) electrons. The predicted molar refractivity (Wildman–Crippen MR) is 121 cm³/mol. The third-order valence-corrected chi connectivity index (χ3v) is 5.72. The third kappa shape index (κ3) is 5.95. The fourth-order valence-corrected chi connectivity index (χ4v) is 3.96. The Morgan fingerprint density at radius 1 is 1.13 bits per heavy atom. The highest BCUT2D eigenvalue weighted by Crippen LogP contribution is 2.24. The number of carbonyl (C=O) groups excluding carboxylic acids is 2. The number of hydrogen-bond acceptors (Lipinski definition) is 6. The van der Waals surface area contributed by atoms with Crippen LogP contribution in [0.15, 0.2) is 53.7 Å². The summed E-state index contributed by atoms with van der Waals surface area (Å²) >= 11 is 1.38. The van der Waals surface area contributed by atoms with Crippen LogP contribution in [0.1, 0.15) is 28.4 Å². The van der Waals surface area contributed by atoms with Gasteiger partial charge >= 0.3 is 5.97 Å². The molecule has 0 atom stereocenters. The number of carbonyl (C=O) groups is 2. The Hall–Kier alpha value is -3.13. The molecule has 0 unspecified atom stereocenters. The van der Waals surface area contributed by atoms with Gasteiger partial charge in [-0.05, 0) is 44.0 Å². The van der Waals surface area contributed by atoms with Gasteiger partial charge in [0.15, 0.2) is 11.0 Å². The van der Waals surface area contributed by atoms with Crippen molar-refractivity contribution in [3.8, 4) is 11.4 Å². The summed E-state index contributed by atoms with van der Waals surface area (Å²) in [5.41, 5.74) is 3.73. The van der Waals surface area contributed by atoms with E-state index in [1.165, 1.54) is 18.9 Å². The van der Waals surface area contributed by atoms with Gasteiger partial charge in [0, 0.05) is 18.7 Å². The Morgan fingerprint density at radius 2 is 1.90 bits per heavy atom. The molecule has 0 spiro atoms. The number of aromatic nitrogens is 3. The van der Waals surface area contributed by atoms with Crippen molar-refractivity contribution in [3.05, 3.63) is 65.2 Å². The molecule has 1 heterocycles. The van der Waals surface area contributed by atoms with Crippen molar-refractivity contribution in [2.75, 3.05) is 19.4 Å². The summed E-state index contributed by atoms with van der Waals surface area (Å²) in [5, 5.41) is 12.3. The molecule has 8 heteroatoms. The number of thioether (sulfide) groups is 1. The van der Waals surface area contributed by atoms with E-state index in [4.69, 9.17) is 4.74 Å². The van der Waals surface area contributed by atoms with Crippen LogP contribution < -0.4 is 5.32 Å². The van der Waals surface area contributed by atoms with E-state index >= 15 is 0 Å². The Balaban J connectivity index is 1.50. The fraction of sp³-hybridized carbons (Fsp3) is 0.304. The van der Waals surface area contributed by atoms with Gasteiger partial charge in [-0.2, -0.15) is 0 Å². The van der Waals surface area contributed by atoms with E-state index in [9.17, 15) is 9.59 Å². The zero-order chi connectivity index (χ0) is 22.2. The summed E-state index contributed by atoms with van der Waals surface area (Å²) in [6.45, 7) is 5.33. The number of methoxy groups -OCH3 is 1. The molecular weight excluding hydrogens is 412 g/mol. The first-order valence-electron chi connectivity index (χ1n) is 10.1. The molecule has 0 saturated heterocycles. The van der Waals surface area contributed by atoms with Crippen LogP contribution in [0.4, 0.5) is 0 Å². The van der Waals surface area contributed by atoms with Gasteiger partial charge < -0.3 is 14.6 Å². The molecule has 7 nitrogen and oxygen atoms in total. The molecule has 0 aliphatic rings. The van der Waals surface area contributed by atoms with Gasteiger partial charge in [0.25, 0.3) is 0 Å². The highest BCUT2D eigenvalue weighted by Gasteiger charge is 2.14. The number of hydrogen-bond donors (Lipinski definition) is 1. The lowest BCUT2D eigenvalue weighted by molar-refractivity contribution is -0.118. The molecule has 2 aromatic carbocycles. The number of aryl methyl sites for hydroxylation is 1. The number of amides is 1. The lowest BCUT2D eigenvalue weighted by atomic mass is 10.1. The minimum absolute atomic E-state index is 0.0565. The van der Waals surface area contributed by atoms with Crippen molar-refractivity contribution in [1.29, 1.82) is 0 Å². The number of esters is 1. The molecule has 0 aliphatic heterocycles. The fourth-order valence-electron chi connectivity index (χ4n) is 3.13. The van der Waals surface area contributed by atoms with Crippen molar-refractivity contribution < 1.29 is 14.3 Å². The van der Waals surface area contributed by atoms with Crippen LogP contribution in [0.25, 0.3) is 11.4 Å². The van der Waals surface area contributed by atoms with Gasteiger partial charge in [0.05, 0.1) is 18.4 Å². The number of nitrogens with zero attached hydrogens (tertiary/aromatic N) is 3. The Morgan fingerprint density at radius 3 is 2.58 bits per heavy atom. The summed E-state index contributed by atoms with van der Waals surface area (Å²) in [6, 6.07) is 15.3. The molecule has 1 amide bonds. The van der Waals surface area contributed by atoms with E-state index in [-0.39, 0.29) is 17.6 Å². The second-order valence-electron chi connectivity index (χ2n) is 7.00. The van der Waals surface area contributed by atoms with Gasteiger partial charge in [-0.3, -0.25) is 4.79 Å². The van der Waals surface area contributed by atoms with Crippen LogP contribution in [-0.2, 0) is 22.5 Å². The van der Waals surface area contributed by atoms with Crippen LogP contribution >= 0.6 is 11.8 Å². The molecule has 3 rings (SSSR count). The van der Waals surface area contributed by atoms with Crippen LogP contribution in [0, 0.1) is 6.92 Å². The first-order chi connectivity index (χ1) is 15.0. The maximum atomic E-state index is 12.3. The lowest BCUT2D eigenvalue weighted by Gasteiger charge is -2.08. The topological polar surface area (TPSA) is 86.1 Å². The molecule has 0 bridgehead atoms. The van der Waals surface area contributed by atoms with Crippen LogP contribution in [0.5, 0.6) is 0 Å². The van der Waals surface area contributed by atoms with E-state index in [1.54, 1.807) is 12.1 Å². The van der Waals surface area contributed by atoms with E-state index < -0.39 is 0 Å². The number of rotatable bonds is 9. The summed E-state index contributed by atoms with van der Waals surface area (Å²) in [5.74, 6) is 0.665. The van der Waals surface area contributed by atoms with Crippen molar-refractivity contribution in [2.24, 2.45) is 0 Å². The number of benzene rings is 2. The predicted octanol–water partition coefficient (Wildman–Crippen LogP) is 3.51. The van der Waals surface area contributed by atoms with Crippen LogP contribution in [0.3, 0.4) is 0 Å². The second-order valence-corrected chi connectivity index (χ2v) is 7.94. The van der Waals surface area contributed by atoms with E-state index in [0.29, 0.717) is 18.5 Å². The van der Waals surface area contributed by atoms with Gasteiger partial charge in [-0.15, -0.1) is 10.2 Å². The zero-order valence-electron chi connectivity index (χ0n) is 17.9. The van der Waals surface area contributed by atoms with Gasteiger partial charge in [-0.1, -0.05) is 47.7 Å². The minimum Gasteiger partial charge on any atom is -0.465 e. The maximum absolute atomic E-state index is 12.3. The van der Waals surface area contributed by atoms with Crippen molar-refractivity contribution in [2.45, 2.75) is 32.0 Å². The maximum Gasteiger partial charge on any atom is 0.337 e. The first-order valence-corrected chi connectivity index (χ1v) is 11.1. The molecule has 0 saturated carbocycles. The highest BCUT2D eigenvalue weighted by atomic mass is 32.2.